The van der Waals surface area contributed by atoms with Crippen LogP contribution in [0.5, 0.6) is 0 Å². The molecule has 1 unspecified atom stereocenters. The van der Waals surface area contributed by atoms with Gasteiger partial charge in [0.1, 0.15) is 17.4 Å². The first kappa shape index (κ1) is 14.2. The van der Waals surface area contributed by atoms with Crippen molar-refractivity contribution in [2.24, 2.45) is 0 Å². The number of hydrogen-bond acceptors (Lipinski definition) is 3. The highest BCUT2D eigenvalue weighted by Gasteiger charge is 2.14. The van der Waals surface area contributed by atoms with Crippen molar-refractivity contribution in [1.29, 1.82) is 0 Å². The molecule has 3 rings (SSSR count). The van der Waals surface area contributed by atoms with Crippen LogP contribution in [-0.4, -0.2) is 10.9 Å². The van der Waals surface area contributed by atoms with Crippen molar-refractivity contribution in [2.75, 3.05) is 5.75 Å². The van der Waals surface area contributed by atoms with E-state index in [1.807, 2.05) is 24.3 Å². The minimum Gasteiger partial charge on any atom is -0.458 e. The third kappa shape index (κ3) is 3.31. The molecule has 0 spiro atoms. The highest BCUT2D eigenvalue weighted by atomic mass is 32.2. The zero-order chi connectivity index (χ0) is 14.8. The summed E-state index contributed by atoms with van der Waals surface area (Å²) < 4.78 is 5.73. The number of aliphatic hydroxyl groups excluding tert-OH is 1. The first-order chi connectivity index (χ1) is 10.1. The topological polar surface area (TPSA) is 33.4 Å². The van der Waals surface area contributed by atoms with Gasteiger partial charge in [-0.05, 0) is 44.2 Å². The maximum Gasteiger partial charge on any atom is 0.134 e. The summed E-state index contributed by atoms with van der Waals surface area (Å²) >= 11 is 1.64. The van der Waals surface area contributed by atoms with E-state index in [4.69, 9.17) is 4.42 Å². The van der Waals surface area contributed by atoms with Crippen LogP contribution in [-0.2, 0) is 0 Å². The Morgan fingerprint density at radius 1 is 1.05 bits per heavy atom. The van der Waals surface area contributed by atoms with Crippen molar-refractivity contribution in [3.05, 3.63) is 65.4 Å². The van der Waals surface area contributed by atoms with E-state index in [9.17, 15) is 5.11 Å². The van der Waals surface area contributed by atoms with Crippen molar-refractivity contribution < 1.29 is 9.52 Å². The van der Waals surface area contributed by atoms with E-state index in [-0.39, 0.29) is 0 Å². The lowest BCUT2D eigenvalue weighted by Crippen LogP contribution is -1.98. The van der Waals surface area contributed by atoms with E-state index in [1.54, 1.807) is 11.8 Å². The van der Waals surface area contributed by atoms with Crippen LogP contribution in [0.1, 0.15) is 23.0 Å². The van der Waals surface area contributed by atoms with Crippen LogP contribution in [0.2, 0.25) is 0 Å². The number of fused-ring (bicyclic) bond motifs is 1. The number of thioether (sulfide) groups is 1. The lowest BCUT2D eigenvalue weighted by atomic mass is 10.2. The Morgan fingerprint density at radius 2 is 1.86 bits per heavy atom. The Bertz CT molecular complexity index is 761. The van der Waals surface area contributed by atoms with Gasteiger partial charge >= 0.3 is 0 Å². The van der Waals surface area contributed by atoms with Gasteiger partial charge in [-0.1, -0.05) is 29.3 Å². The van der Waals surface area contributed by atoms with Crippen LogP contribution >= 0.6 is 11.8 Å². The molecule has 2 aromatic carbocycles. The Hall–Kier alpha value is -1.71. The first-order valence-corrected chi connectivity index (χ1v) is 7.98. The smallest absolute Gasteiger partial charge is 0.134 e. The van der Waals surface area contributed by atoms with Crippen molar-refractivity contribution in [3.8, 4) is 0 Å². The maximum atomic E-state index is 10.3. The zero-order valence-electron chi connectivity index (χ0n) is 12.2. The van der Waals surface area contributed by atoms with E-state index in [0.29, 0.717) is 11.5 Å². The summed E-state index contributed by atoms with van der Waals surface area (Å²) in [6.45, 7) is 4.12. The Morgan fingerprint density at radius 3 is 2.67 bits per heavy atom. The molecule has 1 N–H and O–H groups in total. The first-order valence-electron chi connectivity index (χ1n) is 6.99. The van der Waals surface area contributed by atoms with E-state index in [2.05, 4.69) is 38.1 Å². The largest absolute Gasteiger partial charge is 0.458 e. The molecule has 0 radical (unpaired) electrons. The molecule has 2 nitrogen and oxygen atoms in total. The van der Waals surface area contributed by atoms with Gasteiger partial charge in [-0.15, -0.1) is 11.8 Å². The predicted octanol–water partition coefficient (Wildman–Crippen LogP) is 4.88. The Kier molecular flexibility index (Phi) is 4.04. The molecule has 0 saturated carbocycles. The summed E-state index contributed by atoms with van der Waals surface area (Å²) in [4.78, 5) is 1.17. The van der Waals surface area contributed by atoms with Gasteiger partial charge in [-0.25, -0.2) is 0 Å². The van der Waals surface area contributed by atoms with Gasteiger partial charge in [-0.3, -0.25) is 0 Å². The highest BCUT2D eigenvalue weighted by Crippen LogP contribution is 2.29. The maximum absolute atomic E-state index is 10.3. The van der Waals surface area contributed by atoms with Gasteiger partial charge in [0.05, 0.1) is 0 Å². The number of furan rings is 1. The molecular weight excluding hydrogens is 280 g/mol. The quantitative estimate of drug-likeness (QED) is 0.697. The van der Waals surface area contributed by atoms with Crippen molar-refractivity contribution in [1.82, 2.24) is 0 Å². The van der Waals surface area contributed by atoms with Gasteiger partial charge in [0.2, 0.25) is 0 Å². The molecule has 0 aliphatic heterocycles. The second-order valence-electron chi connectivity index (χ2n) is 5.33. The Labute approximate surface area is 128 Å². The number of benzene rings is 2. The predicted molar refractivity (Wildman–Crippen MR) is 87.8 cm³/mol. The molecule has 1 aromatic heterocycles. The van der Waals surface area contributed by atoms with Crippen LogP contribution in [0.3, 0.4) is 0 Å². The number of aryl methyl sites for hydroxylation is 2. The summed E-state index contributed by atoms with van der Waals surface area (Å²) in [5.41, 5.74) is 3.25. The molecule has 0 amide bonds. The zero-order valence-corrected chi connectivity index (χ0v) is 13.0. The van der Waals surface area contributed by atoms with Crippen molar-refractivity contribution in [2.45, 2.75) is 24.8 Å². The summed E-state index contributed by atoms with van der Waals surface area (Å²) in [6, 6.07) is 16.3. The normalized spacial score (nSPS) is 12.7. The van der Waals surface area contributed by atoms with E-state index >= 15 is 0 Å². The molecule has 0 fully saturated rings. The number of aliphatic hydroxyl groups is 1. The summed E-state index contributed by atoms with van der Waals surface area (Å²) in [5.74, 6) is 1.22. The fourth-order valence-corrected chi connectivity index (χ4v) is 3.27. The molecule has 21 heavy (non-hydrogen) atoms. The summed E-state index contributed by atoms with van der Waals surface area (Å²) in [7, 11) is 0. The number of rotatable bonds is 4. The van der Waals surface area contributed by atoms with Crippen LogP contribution in [0.15, 0.2) is 57.8 Å². The van der Waals surface area contributed by atoms with Crippen molar-refractivity contribution >= 4 is 22.7 Å². The Balaban J connectivity index is 1.73. The third-order valence-corrected chi connectivity index (χ3v) is 4.49. The van der Waals surface area contributed by atoms with E-state index in [0.717, 1.165) is 11.0 Å². The van der Waals surface area contributed by atoms with Crippen molar-refractivity contribution in [3.63, 3.8) is 0 Å². The minimum atomic E-state index is -0.594. The minimum absolute atomic E-state index is 0.586. The van der Waals surface area contributed by atoms with E-state index in [1.165, 1.54) is 16.0 Å². The SMILES string of the molecule is Cc1cccc(SCC(O)c2cc3cc(C)ccc3o2)c1. The standard InChI is InChI=1S/C18H18O2S/c1-12-4-3-5-15(9-12)21-11-16(19)18-10-14-8-13(2)6-7-17(14)20-18/h3-10,16,19H,11H2,1-2H3. The number of hydrogen-bond donors (Lipinski definition) is 1. The fourth-order valence-electron chi connectivity index (χ4n) is 2.31. The van der Waals surface area contributed by atoms with Crippen LogP contribution in [0.25, 0.3) is 11.0 Å². The molecule has 0 bridgehead atoms. The molecule has 0 aliphatic rings. The lowest BCUT2D eigenvalue weighted by molar-refractivity contribution is 0.177. The van der Waals surface area contributed by atoms with E-state index < -0.39 is 6.10 Å². The fraction of sp³-hybridized carbons (Fsp3) is 0.222. The molecule has 108 valence electrons. The lowest BCUT2D eigenvalue weighted by Gasteiger charge is -2.07. The molecular formula is C18H18O2S. The molecule has 3 aromatic rings. The summed E-state index contributed by atoms with van der Waals surface area (Å²) in [5, 5.41) is 11.4. The van der Waals surface area contributed by atoms with Gasteiger partial charge < -0.3 is 9.52 Å². The average molecular weight is 298 g/mol. The second-order valence-corrected chi connectivity index (χ2v) is 6.43. The van der Waals surface area contributed by atoms with Crippen LogP contribution < -0.4 is 0 Å². The second kappa shape index (κ2) is 5.96. The van der Waals surface area contributed by atoms with Gasteiger partial charge in [0.15, 0.2) is 0 Å². The monoisotopic (exact) mass is 298 g/mol. The van der Waals surface area contributed by atoms with Gasteiger partial charge in [-0.2, -0.15) is 0 Å². The third-order valence-electron chi connectivity index (χ3n) is 3.42. The molecule has 0 aliphatic carbocycles. The molecule has 1 heterocycles. The van der Waals surface area contributed by atoms with Crippen LogP contribution in [0.4, 0.5) is 0 Å². The summed E-state index contributed by atoms with van der Waals surface area (Å²) in [6.07, 6.45) is -0.594. The highest BCUT2D eigenvalue weighted by molar-refractivity contribution is 7.99. The molecule has 0 saturated heterocycles. The average Bonchev–Trinajstić information content (AvgIpc) is 2.88. The molecule has 3 heteroatoms. The van der Waals surface area contributed by atoms with Gasteiger partial charge in [0.25, 0.3) is 0 Å². The van der Waals surface area contributed by atoms with Crippen LogP contribution in [0, 0.1) is 13.8 Å². The molecule has 1 atom stereocenters. The van der Waals surface area contributed by atoms with Gasteiger partial charge in [0, 0.05) is 16.0 Å².